The van der Waals surface area contributed by atoms with E-state index in [4.69, 9.17) is 17.0 Å². The van der Waals surface area contributed by atoms with Crippen molar-refractivity contribution in [2.24, 2.45) is 0 Å². The fraction of sp³-hybridized carbons (Fsp3) is 0.333. The molecule has 1 fully saturated rings. The number of thiocarbonyl (C=S) groups is 1. The monoisotopic (exact) mass is 420 g/mol. The third-order valence-corrected chi connectivity index (χ3v) is 6.09. The Morgan fingerprint density at radius 1 is 1.10 bits per heavy atom. The second-order valence-electron chi connectivity index (χ2n) is 7.49. The Kier molecular flexibility index (Phi) is 5.77. The van der Waals surface area contributed by atoms with Crippen LogP contribution in [0.4, 0.5) is 5.69 Å². The second kappa shape index (κ2) is 8.48. The molecule has 0 spiro atoms. The van der Waals surface area contributed by atoms with Crippen molar-refractivity contribution in [1.29, 1.82) is 0 Å². The van der Waals surface area contributed by atoms with Gasteiger partial charge >= 0.3 is 0 Å². The van der Waals surface area contributed by atoms with Gasteiger partial charge in [-0.3, -0.25) is 4.98 Å². The average Bonchev–Trinajstić information content (AvgIpc) is 3.24. The zero-order valence-corrected chi connectivity index (χ0v) is 18.7. The molecule has 3 aromatic rings. The molecule has 1 aliphatic heterocycles. The molecule has 1 N–H and O–H groups in total. The Bertz CT molecular complexity index is 1030. The minimum absolute atomic E-state index is 0.0110. The molecule has 0 unspecified atom stereocenters. The first-order chi connectivity index (χ1) is 14.5. The number of anilines is 1. The van der Waals surface area contributed by atoms with Gasteiger partial charge in [0.1, 0.15) is 5.75 Å². The van der Waals surface area contributed by atoms with Crippen LogP contribution in [0.2, 0.25) is 0 Å². The van der Waals surface area contributed by atoms with Gasteiger partial charge in [0.25, 0.3) is 0 Å². The van der Waals surface area contributed by atoms with Crippen molar-refractivity contribution in [2.45, 2.75) is 46.3 Å². The molecular formula is C24H28N4OS. The molecule has 1 aromatic carbocycles. The van der Waals surface area contributed by atoms with E-state index >= 15 is 0 Å². The molecule has 2 atom stereocenters. The minimum Gasteiger partial charge on any atom is -0.494 e. The van der Waals surface area contributed by atoms with E-state index in [1.165, 1.54) is 17.0 Å². The molecule has 1 aliphatic rings. The van der Waals surface area contributed by atoms with E-state index in [9.17, 15) is 0 Å². The normalized spacial score (nSPS) is 18.5. The van der Waals surface area contributed by atoms with Crippen LogP contribution < -0.4 is 15.0 Å². The number of nitrogens with zero attached hydrogens (tertiary/aromatic N) is 3. The molecule has 4 rings (SSSR count). The van der Waals surface area contributed by atoms with Gasteiger partial charge in [0, 0.05) is 29.8 Å². The van der Waals surface area contributed by atoms with Crippen molar-refractivity contribution < 1.29 is 4.74 Å². The fourth-order valence-corrected chi connectivity index (χ4v) is 4.78. The second-order valence-corrected chi connectivity index (χ2v) is 7.88. The molecule has 156 valence electrons. The lowest BCUT2D eigenvalue weighted by atomic mass is 9.96. The number of benzene rings is 1. The lowest BCUT2D eigenvalue weighted by Crippen LogP contribution is -2.29. The molecule has 0 bridgehead atoms. The van der Waals surface area contributed by atoms with E-state index < -0.39 is 0 Å². The fourth-order valence-electron chi connectivity index (χ4n) is 4.43. The van der Waals surface area contributed by atoms with Gasteiger partial charge < -0.3 is 19.5 Å². The summed E-state index contributed by atoms with van der Waals surface area (Å²) < 4.78 is 7.97. The predicted molar refractivity (Wildman–Crippen MR) is 125 cm³/mol. The number of hydrogen-bond donors (Lipinski definition) is 1. The van der Waals surface area contributed by atoms with Crippen LogP contribution in [0.5, 0.6) is 5.75 Å². The number of rotatable bonds is 6. The van der Waals surface area contributed by atoms with Gasteiger partial charge in [-0.15, -0.1) is 0 Å². The maximum Gasteiger partial charge on any atom is 0.174 e. The van der Waals surface area contributed by atoms with Crippen LogP contribution in [0.25, 0.3) is 0 Å². The Morgan fingerprint density at radius 3 is 2.47 bits per heavy atom. The van der Waals surface area contributed by atoms with E-state index in [-0.39, 0.29) is 12.1 Å². The average molecular weight is 421 g/mol. The Balaban J connectivity index is 1.82. The Morgan fingerprint density at radius 2 is 1.87 bits per heavy atom. The van der Waals surface area contributed by atoms with Crippen LogP contribution in [0.3, 0.4) is 0 Å². The van der Waals surface area contributed by atoms with E-state index in [1.54, 1.807) is 0 Å². The van der Waals surface area contributed by atoms with E-state index in [2.05, 4.69) is 64.8 Å². The highest BCUT2D eigenvalue weighted by molar-refractivity contribution is 7.80. The number of nitrogens with one attached hydrogen (secondary N) is 1. The summed E-state index contributed by atoms with van der Waals surface area (Å²) in [6, 6.07) is 16.5. The van der Waals surface area contributed by atoms with Crippen LogP contribution in [-0.2, 0) is 6.54 Å². The maximum absolute atomic E-state index is 5.82. The lowest BCUT2D eigenvalue weighted by Gasteiger charge is -2.28. The quantitative estimate of drug-likeness (QED) is 0.562. The summed E-state index contributed by atoms with van der Waals surface area (Å²) >= 11 is 5.82. The van der Waals surface area contributed by atoms with E-state index in [0.717, 1.165) is 23.7 Å². The standard InChI is InChI=1S/C24H28N4OS/c1-5-27-16(3)15-20(17(27)4)23-22(21-9-7-8-14-25-21)26-24(30)28(23)18-10-12-19(13-11-18)29-6-2/h7-15,22-23H,5-6H2,1-4H3,(H,26,30)/t22-,23+/m0/s1. The first-order valence-electron chi connectivity index (χ1n) is 10.4. The molecular weight excluding hydrogens is 392 g/mol. The van der Waals surface area contributed by atoms with Crippen molar-refractivity contribution in [3.63, 3.8) is 0 Å². The van der Waals surface area contributed by atoms with Gasteiger partial charge in [-0.05, 0) is 87.9 Å². The number of ether oxygens (including phenoxy) is 1. The van der Waals surface area contributed by atoms with Crippen LogP contribution >= 0.6 is 12.2 Å². The van der Waals surface area contributed by atoms with Crippen molar-refractivity contribution in [2.75, 3.05) is 11.5 Å². The first kappa shape index (κ1) is 20.4. The molecule has 2 aromatic heterocycles. The predicted octanol–water partition coefficient (Wildman–Crippen LogP) is 5.10. The maximum atomic E-state index is 5.82. The highest BCUT2D eigenvalue weighted by Crippen LogP contribution is 2.43. The summed E-state index contributed by atoms with van der Waals surface area (Å²) in [5.41, 5.74) is 5.82. The van der Waals surface area contributed by atoms with E-state index in [0.29, 0.717) is 11.7 Å². The molecule has 0 radical (unpaired) electrons. The highest BCUT2D eigenvalue weighted by atomic mass is 32.1. The van der Waals surface area contributed by atoms with Crippen LogP contribution in [0.1, 0.15) is 48.6 Å². The minimum atomic E-state index is -0.0314. The summed E-state index contributed by atoms with van der Waals surface area (Å²) in [6.45, 7) is 10.1. The van der Waals surface area contributed by atoms with Crippen molar-refractivity contribution in [1.82, 2.24) is 14.9 Å². The summed E-state index contributed by atoms with van der Waals surface area (Å²) in [6.07, 6.45) is 1.84. The molecule has 3 heterocycles. The summed E-state index contributed by atoms with van der Waals surface area (Å²) in [7, 11) is 0. The van der Waals surface area contributed by atoms with Crippen LogP contribution in [0.15, 0.2) is 54.7 Å². The third-order valence-electron chi connectivity index (χ3n) is 5.77. The molecule has 5 nitrogen and oxygen atoms in total. The SMILES string of the molecule is CCOc1ccc(N2C(=S)N[C@@H](c3ccccn3)[C@H]2c2cc(C)n(CC)c2C)cc1. The number of aromatic nitrogens is 2. The zero-order chi connectivity index (χ0) is 21.3. The molecule has 1 saturated heterocycles. The van der Waals surface area contributed by atoms with Crippen molar-refractivity contribution in [3.05, 3.63) is 77.4 Å². The van der Waals surface area contributed by atoms with Gasteiger partial charge in [-0.1, -0.05) is 6.07 Å². The summed E-state index contributed by atoms with van der Waals surface area (Å²) in [5, 5.41) is 4.24. The molecule has 6 heteroatoms. The first-order valence-corrected chi connectivity index (χ1v) is 10.9. The highest BCUT2D eigenvalue weighted by Gasteiger charge is 2.42. The molecule has 0 amide bonds. The van der Waals surface area contributed by atoms with Gasteiger partial charge in [0.05, 0.1) is 24.4 Å². The third kappa shape index (κ3) is 3.56. The van der Waals surface area contributed by atoms with Gasteiger partial charge in [0.2, 0.25) is 0 Å². The number of pyridine rings is 1. The largest absolute Gasteiger partial charge is 0.494 e. The Labute approximate surface area is 183 Å². The zero-order valence-electron chi connectivity index (χ0n) is 17.9. The number of hydrogen-bond acceptors (Lipinski definition) is 3. The molecule has 30 heavy (non-hydrogen) atoms. The molecule has 0 saturated carbocycles. The van der Waals surface area contributed by atoms with Crippen LogP contribution in [-0.4, -0.2) is 21.3 Å². The van der Waals surface area contributed by atoms with E-state index in [1.807, 2.05) is 37.4 Å². The van der Waals surface area contributed by atoms with Gasteiger partial charge in [0.15, 0.2) is 5.11 Å². The van der Waals surface area contributed by atoms with Crippen LogP contribution in [0, 0.1) is 13.8 Å². The smallest absolute Gasteiger partial charge is 0.174 e. The molecule has 0 aliphatic carbocycles. The van der Waals surface area contributed by atoms with Gasteiger partial charge in [-0.2, -0.15) is 0 Å². The summed E-state index contributed by atoms with van der Waals surface area (Å²) in [5.74, 6) is 0.862. The number of aryl methyl sites for hydroxylation is 1. The lowest BCUT2D eigenvalue weighted by molar-refractivity contribution is 0.340. The topological polar surface area (TPSA) is 42.3 Å². The van der Waals surface area contributed by atoms with Gasteiger partial charge in [-0.25, -0.2) is 0 Å². The van der Waals surface area contributed by atoms with Crippen molar-refractivity contribution >= 4 is 23.0 Å². The Hall–Kier alpha value is -2.86. The summed E-state index contributed by atoms with van der Waals surface area (Å²) in [4.78, 5) is 6.86. The van der Waals surface area contributed by atoms with Crippen molar-refractivity contribution in [3.8, 4) is 5.75 Å².